The molecule has 0 heterocycles. The van der Waals surface area contributed by atoms with Gasteiger partial charge in [-0.25, -0.2) is 4.79 Å². The van der Waals surface area contributed by atoms with Crippen LogP contribution >= 0.6 is 0 Å². The highest BCUT2D eigenvalue weighted by molar-refractivity contribution is 5.86. The fourth-order valence-electron chi connectivity index (χ4n) is 2.11. The largest absolute Gasteiger partial charge is 0.338 e. The van der Waals surface area contributed by atoms with Crippen LogP contribution in [0.5, 0.6) is 0 Å². The van der Waals surface area contributed by atoms with Crippen LogP contribution < -0.4 is 0 Å². The van der Waals surface area contributed by atoms with Crippen LogP contribution in [0.4, 0.5) is 0 Å². The first-order valence-electron chi connectivity index (χ1n) is 6.02. The van der Waals surface area contributed by atoms with Crippen LogP contribution in [0.25, 0.3) is 0 Å². The highest BCUT2D eigenvalue weighted by Crippen LogP contribution is 2.30. The Balaban J connectivity index is 1.77. The number of carbonyl (C=O) groups is 1. The van der Waals surface area contributed by atoms with Crippen LogP contribution in [0.1, 0.15) is 51.9 Å². The molecule has 0 N–H and O–H groups in total. The van der Waals surface area contributed by atoms with Crippen LogP contribution in [0, 0.1) is 11.8 Å². The van der Waals surface area contributed by atoms with Gasteiger partial charge in [0.05, 0.1) is 11.6 Å². The molecular formula is C12H19NO2. The number of nitrogens with zero attached hydrogens (tertiary/aromatic N) is 1. The van der Waals surface area contributed by atoms with Gasteiger partial charge in [-0.1, -0.05) is 24.4 Å². The molecule has 0 spiro atoms. The summed E-state index contributed by atoms with van der Waals surface area (Å²) in [6.07, 6.45) is 7.95. The summed E-state index contributed by atoms with van der Waals surface area (Å²) in [5.41, 5.74) is 0.985. The van der Waals surface area contributed by atoms with E-state index in [9.17, 15) is 4.79 Å². The van der Waals surface area contributed by atoms with Gasteiger partial charge in [0.25, 0.3) is 0 Å². The number of carbonyl (C=O) groups excluding carboxylic acids is 1. The Labute approximate surface area is 90.9 Å². The first-order chi connectivity index (χ1) is 7.27. The van der Waals surface area contributed by atoms with Gasteiger partial charge in [0.1, 0.15) is 0 Å². The number of rotatable bonds is 3. The molecule has 0 aliphatic heterocycles. The third-order valence-electron chi connectivity index (χ3n) is 3.39. The van der Waals surface area contributed by atoms with E-state index >= 15 is 0 Å². The van der Waals surface area contributed by atoms with Gasteiger partial charge in [-0.3, -0.25) is 0 Å². The van der Waals surface area contributed by atoms with Crippen molar-refractivity contribution in [3.05, 3.63) is 0 Å². The van der Waals surface area contributed by atoms with E-state index in [4.69, 9.17) is 4.84 Å². The van der Waals surface area contributed by atoms with Crippen LogP contribution in [-0.4, -0.2) is 11.7 Å². The third-order valence-corrected chi connectivity index (χ3v) is 3.39. The molecule has 2 aliphatic carbocycles. The van der Waals surface area contributed by atoms with E-state index < -0.39 is 0 Å². The molecule has 3 heteroatoms. The highest BCUT2D eigenvalue weighted by Gasteiger charge is 2.26. The second-order valence-corrected chi connectivity index (χ2v) is 4.75. The molecule has 0 amide bonds. The van der Waals surface area contributed by atoms with E-state index in [1.165, 1.54) is 19.3 Å². The van der Waals surface area contributed by atoms with Crippen LogP contribution in [0.2, 0.25) is 0 Å². The molecule has 84 valence electrons. The van der Waals surface area contributed by atoms with Gasteiger partial charge in [0.15, 0.2) is 0 Å². The van der Waals surface area contributed by atoms with Crippen molar-refractivity contribution in [1.29, 1.82) is 0 Å². The highest BCUT2D eigenvalue weighted by atomic mass is 16.7. The maximum absolute atomic E-state index is 11.6. The summed E-state index contributed by atoms with van der Waals surface area (Å²) in [4.78, 5) is 16.6. The van der Waals surface area contributed by atoms with Crippen molar-refractivity contribution in [3.8, 4) is 0 Å². The van der Waals surface area contributed by atoms with E-state index in [-0.39, 0.29) is 11.9 Å². The summed E-state index contributed by atoms with van der Waals surface area (Å²) in [6, 6.07) is 0. The smallest absolute Gasteiger partial charge is 0.318 e. The molecule has 0 atom stereocenters. The van der Waals surface area contributed by atoms with Gasteiger partial charge in [-0.2, -0.15) is 0 Å². The minimum Gasteiger partial charge on any atom is -0.318 e. The van der Waals surface area contributed by atoms with Crippen LogP contribution in [-0.2, 0) is 9.63 Å². The zero-order chi connectivity index (χ0) is 10.7. The van der Waals surface area contributed by atoms with Gasteiger partial charge in [0.2, 0.25) is 0 Å². The second kappa shape index (κ2) is 4.77. The summed E-state index contributed by atoms with van der Waals surface area (Å²) in [5, 5.41) is 3.93. The minimum atomic E-state index is -0.116. The molecule has 2 saturated carbocycles. The lowest BCUT2D eigenvalue weighted by Gasteiger charge is -2.18. The molecule has 0 aromatic carbocycles. The Morgan fingerprint density at radius 3 is 2.33 bits per heavy atom. The zero-order valence-corrected chi connectivity index (χ0v) is 9.37. The topological polar surface area (TPSA) is 38.7 Å². The maximum atomic E-state index is 11.6. The van der Waals surface area contributed by atoms with Crippen molar-refractivity contribution in [2.45, 2.75) is 51.9 Å². The Morgan fingerprint density at radius 2 is 1.73 bits per heavy atom. The minimum absolute atomic E-state index is 0.106. The summed E-state index contributed by atoms with van der Waals surface area (Å²) in [6.45, 7) is 1.95. The third kappa shape index (κ3) is 3.05. The molecule has 0 radical (unpaired) electrons. The molecule has 0 aromatic heterocycles. The van der Waals surface area contributed by atoms with Crippen molar-refractivity contribution in [1.82, 2.24) is 0 Å². The Kier molecular flexibility index (Phi) is 3.39. The Bertz CT molecular complexity index is 263. The average Bonchev–Trinajstić information content (AvgIpc) is 3.10. The average molecular weight is 209 g/mol. The number of hydrogen-bond donors (Lipinski definition) is 0. The summed E-state index contributed by atoms with van der Waals surface area (Å²) in [7, 11) is 0. The Morgan fingerprint density at radius 1 is 1.07 bits per heavy atom. The molecule has 0 aromatic rings. The molecule has 2 fully saturated rings. The fourth-order valence-corrected chi connectivity index (χ4v) is 2.11. The predicted octanol–water partition coefficient (Wildman–Crippen LogP) is 2.90. The maximum Gasteiger partial charge on any atom is 0.338 e. The van der Waals surface area contributed by atoms with Gasteiger partial charge in [0, 0.05) is 5.92 Å². The molecule has 0 bridgehead atoms. The molecule has 3 nitrogen and oxygen atoms in total. The molecule has 0 unspecified atom stereocenters. The zero-order valence-electron chi connectivity index (χ0n) is 9.37. The van der Waals surface area contributed by atoms with Crippen LogP contribution in [0.15, 0.2) is 5.16 Å². The van der Waals surface area contributed by atoms with E-state index in [2.05, 4.69) is 5.16 Å². The van der Waals surface area contributed by atoms with E-state index in [0.717, 1.165) is 31.4 Å². The normalized spacial score (nSPS) is 23.9. The first-order valence-corrected chi connectivity index (χ1v) is 6.02. The van der Waals surface area contributed by atoms with Crippen molar-refractivity contribution in [3.63, 3.8) is 0 Å². The summed E-state index contributed by atoms with van der Waals surface area (Å²) < 4.78 is 0. The molecule has 2 aliphatic rings. The quantitative estimate of drug-likeness (QED) is 0.407. The lowest BCUT2D eigenvalue weighted by Crippen LogP contribution is -2.19. The number of hydrogen-bond acceptors (Lipinski definition) is 3. The summed E-state index contributed by atoms with van der Waals surface area (Å²) >= 11 is 0. The molecule has 2 rings (SSSR count). The lowest BCUT2D eigenvalue weighted by atomic mass is 9.89. The summed E-state index contributed by atoms with van der Waals surface area (Å²) in [5.74, 6) is 0.577. The second-order valence-electron chi connectivity index (χ2n) is 4.75. The fraction of sp³-hybridized carbons (Fsp3) is 0.833. The van der Waals surface area contributed by atoms with E-state index in [0.29, 0.717) is 5.92 Å². The molecule has 15 heavy (non-hydrogen) atoms. The van der Waals surface area contributed by atoms with Crippen molar-refractivity contribution >= 4 is 11.7 Å². The van der Waals surface area contributed by atoms with Gasteiger partial charge >= 0.3 is 5.97 Å². The van der Waals surface area contributed by atoms with E-state index in [1.54, 1.807) is 0 Å². The van der Waals surface area contributed by atoms with Crippen molar-refractivity contribution in [2.75, 3.05) is 0 Å². The van der Waals surface area contributed by atoms with Gasteiger partial charge in [-0.05, 0) is 32.6 Å². The van der Waals surface area contributed by atoms with Crippen LogP contribution in [0.3, 0.4) is 0 Å². The number of oxime groups is 1. The van der Waals surface area contributed by atoms with Gasteiger partial charge in [-0.15, -0.1) is 0 Å². The van der Waals surface area contributed by atoms with Crippen molar-refractivity contribution < 1.29 is 9.63 Å². The standard InChI is InChI=1S/C12H19NO2/c1-9(10-7-8-10)13-15-12(14)11-5-3-2-4-6-11/h10-11H,2-8H2,1H3/b13-9+. The predicted molar refractivity (Wildman–Crippen MR) is 58.5 cm³/mol. The first kappa shape index (κ1) is 10.7. The molecular weight excluding hydrogens is 190 g/mol. The van der Waals surface area contributed by atoms with Gasteiger partial charge < -0.3 is 4.84 Å². The molecule has 0 saturated heterocycles. The SMILES string of the molecule is C/C(=N\OC(=O)C1CCCCC1)C1CC1. The monoisotopic (exact) mass is 209 g/mol. The Hall–Kier alpha value is -0.860. The lowest BCUT2D eigenvalue weighted by molar-refractivity contribution is -0.149. The van der Waals surface area contributed by atoms with E-state index in [1.807, 2.05) is 6.92 Å². The van der Waals surface area contributed by atoms with Crippen molar-refractivity contribution in [2.24, 2.45) is 17.0 Å².